The number of benzene rings is 3. The van der Waals surface area contributed by atoms with Crippen LogP contribution in [0.15, 0.2) is 78.2 Å². The van der Waals surface area contributed by atoms with Crippen molar-refractivity contribution in [1.82, 2.24) is 24.7 Å². The fourth-order valence-electron chi connectivity index (χ4n) is 9.85. The van der Waals surface area contributed by atoms with Crippen LogP contribution < -0.4 is 10.1 Å². The van der Waals surface area contributed by atoms with Gasteiger partial charge in [0.05, 0.1) is 56.3 Å². The Morgan fingerprint density at radius 2 is 1.54 bits per heavy atom. The van der Waals surface area contributed by atoms with Crippen LogP contribution in [-0.2, 0) is 35.1 Å². The molecule has 3 atom stereocenters. The van der Waals surface area contributed by atoms with Crippen molar-refractivity contribution in [3.8, 4) is 40.9 Å². The van der Waals surface area contributed by atoms with E-state index in [9.17, 15) is 29.7 Å². The van der Waals surface area contributed by atoms with Crippen molar-refractivity contribution in [1.29, 1.82) is 10.5 Å². The lowest BCUT2D eigenvalue weighted by Gasteiger charge is -2.36. The van der Waals surface area contributed by atoms with Gasteiger partial charge in [0, 0.05) is 53.6 Å². The summed E-state index contributed by atoms with van der Waals surface area (Å²) in [4.78, 5) is 62.6. The predicted molar refractivity (Wildman–Crippen MR) is 297 cm³/mol. The maximum absolute atomic E-state index is 14.5. The highest BCUT2D eigenvalue weighted by atomic mass is 32.1. The number of nitrogens with zero attached hydrogens (tertiary/aromatic N) is 6. The topological polar surface area (TPSA) is 198 Å². The third-order valence-corrected chi connectivity index (χ3v) is 15.1. The van der Waals surface area contributed by atoms with Crippen LogP contribution >= 0.6 is 11.3 Å². The zero-order valence-electron chi connectivity index (χ0n) is 45.9. The zero-order chi connectivity index (χ0) is 55.8. The Balaban J connectivity index is 0.805. The van der Waals surface area contributed by atoms with Gasteiger partial charge < -0.3 is 38.5 Å². The van der Waals surface area contributed by atoms with Gasteiger partial charge in [-0.05, 0) is 121 Å². The first-order valence-corrected chi connectivity index (χ1v) is 27.7. The molecule has 3 aromatic carbocycles. The molecule has 2 aromatic heterocycles. The van der Waals surface area contributed by atoms with Crippen molar-refractivity contribution in [2.45, 2.75) is 117 Å². The van der Waals surface area contributed by atoms with Crippen LogP contribution in [0.2, 0.25) is 0 Å². The number of aromatic nitrogens is 2. The lowest BCUT2D eigenvalue weighted by molar-refractivity contribution is -0.140. The molecule has 1 N–H and O–H groups in total. The SMILES string of the molecule is Cc1c(C#N)c(-c2ccc(C#N)cc2)c(C)n1Cc1cccc(C#CCOCCOCCOCCOc2cccc(C(=O)c3csc([C@@H]4CCCN4C(=O)[C@@H](NC(=O)[C@H](C)N(C)C(=O)OC(C)(C)C)C4CCCCC4)n3)c2)c1. The van der Waals surface area contributed by atoms with Gasteiger partial charge in [0.25, 0.3) is 0 Å². The second-order valence-electron chi connectivity index (χ2n) is 20.7. The van der Waals surface area contributed by atoms with Crippen molar-refractivity contribution in [3.05, 3.63) is 128 Å². The van der Waals surface area contributed by atoms with E-state index in [0.717, 1.165) is 72.2 Å². The number of nitrogens with one attached hydrogen (secondary N) is 1. The summed E-state index contributed by atoms with van der Waals surface area (Å²) < 4.78 is 30.6. The van der Waals surface area contributed by atoms with Crippen molar-refractivity contribution >= 4 is 35.0 Å². The molecule has 0 radical (unpaired) electrons. The lowest BCUT2D eigenvalue weighted by atomic mass is 9.83. The molecule has 0 spiro atoms. The van der Waals surface area contributed by atoms with Crippen molar-refractivity contribution in [3.63, 3.8) is 0 Å². The number of hydrogen-bond acceptors (Lipinski definition) is 13. The molecule has 2 aliphatic rings. The maximum atomic E-state index is 14.5. The standard InChI is InChI=1S/C61H71N7O9S/c1-41-51(38-63)54(47-25-23-45(37-62)24-26-47)42(2)68(41)39-46-16-11-15-44(35-46)17-14-28-73-29-30-74-31-32-75-33-34-76-50-21-12-20-49(36-50)56(69)52-40-78-58(64-52)53-22-13-27-67(53)59(71)55(48-18-9-8-10-19-48)65-57(70)43(3)66(7)60(72)77-61(4,5)6/h11-12,15-16,20-21,23-26,35-36,40,43,48,53,55H,8-10,13,18-19,22,27-34,39H2,1-7H3,(H,65,70)/t43-,53-,55-/m0/s1. The Hall–Kier alpha value is -7.33. The van der Waals surface area contributed by atoms with E-state index in [1.54, 1.807) is 69.5 Å². The third-order valence-electron chi connectivity index (χ3n) is 14.1. The summed E-state index contributed by atoms with van der Waals surface area (Å²) in [5.41, 5.74) is 6.76. The molecular formula is C61H71N7O9S. The molecule has 3 heterocycles. The predicted octanol–water partition coefficient (Wildman–Crippen LogP) is 9.72. The van der Waals surface area contributed by atoms with E-state index in [0.29, 0.717) is 80.0 Å². The molecule has 7 rings (SSSR count). The Labute approximate surface area is 462 Å². The van der Waals surface area contributed by atoms with Crippen molar-refractivity contribution < 1.29 is 42.9 Å². The van der Waals surface area contributed by atoms with Gasteiger partial charge in [0.15, 0.2) is 0 Å². The summed E-state index contributed by atoms with van der Waals surface area (Å²) in [6.07, 6.45) is 5.50. The molecule has 3 amide bonds. The average Bonchev–Trinajstić information content (AvgIpc) is 4.20. The molecule has 16 nitrogen and oxygen atoms in total. The minimum absolute atomic E-state index is 0.0367. The molecule has 17 heteroatoms. The van der Waals surface area contributed by atoms with Gasteiger partial charge in [-0.25, -0.2) is 9.78 Å². The van der Waals surface area contributed by atoms with Crippen molar-refractivity contribution in [2.24, 2.45) is 5.92 Å². The normalized spacial score (nSPS) is 15.3. The summed E-state index contributed by atoms with van der Waals surface area (Å²) in [5, 5.41) is 24.7. The molecule has 410 valence electrons. The maximum Gasteiger partial charge on any atom is 0.410 e. The van der Waals surface area contributed by atoms with Crippen LogP contribution in [0.4, 0.5) is 4.79 Å². The highest BCUT2D eigenvalue weighted by Crippen LogP contribution is 2.37. The minimum atomic E-state index is -0.863. The highest BCUT2D eigenvalue weighted by Gasteiger charge is 2.41. The van der Waals surface area contributed by atoms with Gasteiger partial charge in [-0.3, -0.25) is 19.3 Å². The summed E-state index contributed by atoms with van der Waals surface area (Å²) in [6.45, 7) is 14.3. The molecule has 0 bridgehead atoms. The number of thiazole rings is 1. The molecular weight excluding hydrogens is 1010 g/mol. The van der Waals surface area contributed by atoms with Gasteiger partial charge in [-0.15, -0.1) is 11.3 Å². The number of amides is 3. The van der Waals surface area contributed by atoms with Crippen LogP contribution in [0, 0.1) is 54.3 Å². The molecule has 1 aliphatic carbocycles. The summed E-state index contributed by atoms with van der Waals surface area (Å²) in [7, 11) is 1.52. The van der Waals surface area contributed by atoms with Gasteiger partial charge in [-0.1, -0.05) is 67.5 Å². The minimum Gasteiger partial charge on any atom is -0.491 e. The number of likely N-dealkylation sites (tertiary alicyclic amines) is 1. The van der Waals surface area contributed by atoms with E-state index in [4.69, 9.17) is 28.7 Å². The van der Waals surface area contributed by atoms with Gasteiger partial charge in [0.2, 0.25) is 17.6 Å². The number of carbonyl (C=O) groups excluding carboxylic acids is 4. The quantitative estimate of drug-likeness (QED) is 0.0392. The van der Waals surface area contributed by atoms with Crippen LogP contribution in [0.3, 0.4) is 0 Å². The molecule has 2 fully saturated rings. The number of rotatable bonds is 22. The van der Waals surface area contributed by atoms with Crippen LogP contribution in [0.5, 0.6) is 5.75 Å². The molecule has 5 aromatic rings. The molecule has 78 heavy (non-hydrogen) atoms. The van der Waals surface area contributed by atoms with Gasteiger partial charge >= 0.3 is 6.09 Å². The summed E-state index contributed by atoms with van der Waals surface area (Å²) in [5.74, 6) is 5.90. The second-order valence-corrected chi connectivity index (χ2v) is 21.6. The third kappa shape index (κ3) is 15.4. The lowest BCUT2D eigenvalue weighted by Crippen LogP contribution is -2.56. The number of likely N-dealkylation sites (N-methyl/N-ethyl adjacent to an activating group) is 1. The van der Waals surface area contributed by atoms with E-state index in [-0.39, 0.29) is 42.6 Å². The Kier molecular flexibility index (Phi) is 20.8. The Morgan fingerprint density at radius 3 is 2.24 bits per heavy atom. The fourth-order valence-corrected chi connectivity index (χ4v) is 10.8. The van der Waals surface area contributed by atoms with Crippen molar-refractivity contribution in [2.75, 3.05) is 59.8 Å². The van der Waals surface area contributed by atoms with Crippen LogP contribution in [-0.4, -0.2) is 121 Å². The molecule has 1 saturated carbocycles. The number of ether oxygens (including phenoxy) is 5. The van der Waals surface area contributed by atoms with E-state index in [1.165, 1.54) is 23.3 Å². The van der Waals surface area contributed by atoms with E-state index in [2.05, 4.69) is 33.9 Å². The molecule has 1 aliphatic heterocycles. The largest absolute Gasteiger partial charge is 0.491 e. The Bertz CT molecular complexity index is 3040. The first-order valence-electron chi connectivity index (χ1n) is 26.8. The summed E-state index contributed by atoms with van der Waals surface area (Å²) in [6, 6.07) is 24.9. The molecule has 1 saturated heterocycles. The first-order chi connectivity index (χ1) is 37.6. The average molecular weight is 1080 g/mol. The van der Waals surface area contributed by atoms with E-state index >= 15 is 0 Å². The molecule has 0 unspecified atom stereocenters. The fraction of sp³-hybridized carbons (Fsp3) is 0.459. The number of nitriles is 2. The summed E-state index contributed by atoms with van der Waals surface area (Å²) >= 11 is 1.35. The Morgan fingerprint density at radius 1 is 0.833 bits per heavy atom. The first kappa shape index (κ1) is 58.4. The number of hydrogen-bond donors (Lipinski definition) is 1. The second kappa shape index (κ2) is 27.8. The van der Waals surface area contributed by atoms with E-state index in [1.807, 2.05) is 55.1 Å². The van der Waals surface area contributed by atoms with Crippen LogP contribution in [0.1, 0.15) is 133 Å². The van der Waals surface area contributed by atoms with Crippen LogP contribution in [0.25, 0.3) is 11.1 Å². The smallest absolute Gasteiger partial charge is 0.410 e. The highest BCUT2D eigenvalue weighted by molar-refractivity contribution is 7.10. The number of ketones is 1. The van der Waals surface area contributed by atoms with Gasteiger partial charge in [0.1, 0.15) is 53.4 Å². The van der Waals surface area contributed by atoms with Gasteiger partial charge in [-0.2, -0.15) is 10.5 Å². The van der Waals surface area contributed by atoms with E-state index < -0.39 is 29.7 Å². The number of carbonyl (C=O) groups is 4. The zero-order valence-corrected chi connectivity index (χ0v) is 46.7. The monoisotopic (exact) mass is 1080 g/mol.